The highest BCUT2D eigenvalue weighted by molar-refractivity contribution is 8.15. The van der Waals surface area contributed by atoms with Gasteiger partial charge in [-0.15, -0.1) is 75.8 Å². The SMILES string of the molecule is CNC(C)CC(C)N(Cc1cc(CN(C(=S)S)C(C)(C)CC(C)(C)N(C)C(=S)S)cc(CNC(=S)S)c1N(C(=S)S)C(=S)S)C(=S)S. The first-order valence-corrected chi connectivity index (χ1v) is 19.6. The van der Waals surface area contributed by atoms with Gasteiger partial charge in [-0.3, -0.25) is 4.90 Å². The number of benzene rings is 1. The van der Waals surface area contributed by atoms with E-state index in [0.717, 1.165) is 28.8 Å². The van der Waals surface area contributed by atoms with Crippen LogP contribution in [0, 0.1) is 0 Å². The van der Waals surface area contributed by atoms with Crippen molar-refractivity contribution in [2.24, 2.45) is 0 Å². The first-order valence-electron chi connectivity index (χ1n) is 14.5. The molecule has 0 aromatic heterocycles. The van der Waals surface area contributed by atoms with Gasteiger partial charge in [0.25, 0.3) is 0 Å². The van der Waals surface area contributed by atoms with Crippen LogP contribution >= 0.6 is 149 Å². The molecule has 1 aromatic rings. The highest BCUT2D eigenvalue weighted by Gasteiger charge is 2.37. The maximum absolute atomic E-state index is 5.74. The molecule has 2 atom stereocenters. The molecule has 0 amide bonds. The first kappa shape index (κ1) is 45.8. The summed E-state index contributed by atoms with van der Waals surface area (Å²) < 4.78 is 2.29. The van der Waals surface area contributed by atoms with E-state index in [1.807, 2.05) is 19.0 Å². The lowest BCUT2D eigenvalue weighted by Gasteiger charge is -2.47. The standard InChI is InChI=1S/C29H46N6S12/c1-16(30-7)9-17(2)33(24(40)41)14-20-11-18(10-19(12-31-22(36)37)21(20)35(26(44)45)27(46)47)13-34(25(42)43)29(5,6)15-28(3,4)32(8)23(38)39/h10-11,16-17,30H,9,12-15H2,1-8H3,(H,38,39)(H,40,41)(H,42,43)(H,44,45)(H,46,47)(H2,31,36,37). The largest absolute Gasteiger partial charge is 0.367 e. The molecule has 264 valence electrons. The molecule has 0 aliphatic heterocycles. The minimum Gasteiger partial charge on any atom is -0.367 e. The van der Waals surface area contributed by atoms with Crippen LogP contribution in [0.1, 0.15) is 71.1 Å². The molecule has 2 unspecified atom stereocenters. The number of thiol groups is 6. The number of hydrogen-bond donors (Lipinski definition) is 8. The molecule has 2 N–H and O–H groups in total. The van der Waals surface area contributed by atoms with E-state index in [0.29, 0.717) is 43.3 Å². The predicted octanol–water partition coefficient (Wildman–Crippen LogP) is 7.74. The minimum absolute atomic E-state index is 0.0579. The van der Waals surface area contributed by atoms with Crippen LogP contribution in [0.5, 0.6) is 0 Å². The summed E-state index contributed by atoms with van der Waals surface area (Å²) in [7, 11) is 3.89. The lowest BCUT2D eigenvalue weighted by Crippen LogP contribution is -2.53. The van der Waals surface area contributed by atoms with E-state index in [1.165, 1.54) is 0 Å². The van der Waals surface area contributed by atoms with E-state index in [1.54, 1.807) is 4.90 Å². The van der Waals surface area contributed by atoms with Crippen LogP contribution in [0.4, 0.5) is 5.69 Å². The van der Waals surface area contributed by atoms with Crippen molar-refractivity contribution in [2.45, 2.75) is 97.2 Å². The fraction of sp³-hybridized carbons (Fsp3) is 0.586. The Kier molecular flexibility index (Phi) is 19.7. The first-order chi connectivity index (χ1) is 21.5. The van der Waals surface area contributed by atoms with Crippen molar-refractivity contribution >= 4 is 181 Å². The average Bonchev–Trinajstić information content (AvgIpc) is 2.92. The van der Waals surface area contributed by atoms with Gasteiger partial charge >= 0.3 is 0 Å². The van der Waals surface area contributed by atoms with Gasteiger partial charge < -0.3 is 25.3 Å². The van der Waals surface area contributed by atoms with Crippen LogP contribution in [0.3, 0.4) is 0 Å². The molecule has 0 saturated carbocycles. The van der Waals surface area contributed by atoms with Crippen molar-refractivity contribution in [3.8, 4) is 0 Å². The monoisotopic (exact) mass is 862 g/mol. The summed E-state index contributed by atoms with van der Waals surface area (Å²) in [6.07, 6.45) is 1.55. The van der Waals surface area contributed by atoms with Gasteiger partial charge in [0, 0.05) is 49.8 Å². The van der Waals surface area contributed by atoms with Gasteiger partial charge in [0.15, 0.2) is 0 Å². The third-order valence-electron chi connectivity index (χ3n) is 8.03. The van der Waals surface area contributed by atoms with Gasteiger partial charge in [0.05, 0.1) is 5.69 Å². The van der Waals surface area contributed by atoms with E-state index < -0.39 is 5.54 Å². The smallest absolute Gasteiger partial charge is 0.143 e. The van der Waals surface area contributed by atoms with Gasteiger partial charge in [0.1, 0.15) is 25.9 Å². The Bertz CT molecular complexity index is 1340. The summed E-state index contributed by atoms with van der Waals surface area (Å²) in [4.78, 5) is 7.85. The number of hydrogen-bond acceptors (Lipinski definition) is 7. The number of nitrogens with one attached hydrogen (secondary N) is 2. The molecule has 0 saturated heterocycles. The highest BCUT2D eigenvalue weighted by Crippen LogP contribution is 2.36. The van der Waals surface area contributed by atoms with Crippen LogP contribution in [0.25, 0.3) is 0 Å². The Hall–Kier alpha value is 0.820. The lowest BCUT2D eigenvalue weighted by molar-refractivity contribution is 0.119. The molecule has 0 heterocycles. The van der Waals surface area contributed by atoms with E-state index in [2.05, 4.69) is 137 Å². The molecule has 0 aliphatic rings. The summed E-state index contributed by atoms with van der Waals surface area (Å²) in [6, 6.07) is 4.51. The topological polar surface area (TPSA) is 37.0 Å². The molecule has 6 nitrogen and oxygen atoms in total. The fourth-order valence-corrected chi connectivity index (χ4v) is 8.39. The van der Waals surface area contributed by atoms with Crippen molar-refractivity contribution in [2.75, 3.05) is 19.0 Å². The zero-order valence-corrected chi connectivity index (χ0v) is 38.0. The molecule has 1 rings (SSSR count). The Morgan fingerprint density at radius 1 is 0.766 bits per heavy atom. The van der Waals surface area contributed by atoms with Crippen molar-refractivity contribution in [1.29, 1.82) is 0 Å². The van der Waals surface area contributed by atoms with Gasteiger partial charge in [-0.1, -0.05) is 85.4 Å². The number of thiocarbonyl (C=S) groups is 6. The summed E-state index contributed by atoms with van der Waals surface area (Å²) in [6.45, 7) is 14.0. The van der Waals surface area contributed by atoms with Crippen molar-refractivity contribution in [3.05, 3.63) is 28.8 Å². The quantitative estimate of drug-likeness (QED) is 0.0658. The maximum Gasteiger partial charge on any atom is 0.143 e. The normalized spacial score (nSPS) is 12.9. The molecule has 1 aromatic carbocycles. The zero-order valence-electron chi connectivity index (χ0n) is 27.8. The van der Waals surface area contributed by atoms with Crippen molar-refractivity contribution in [1.82, 2.24) is 25.3 Å². The molecule has 0 spiro atoms. The average molecular weight is 864 g/mol. The van der Waals surface area contributed by atoms with Crippen LogP contribution in [-0.4, -0.2) is 77.9 Å². The number of anilines is 1. The second kappa shape index (κ2) is 20.2. The molecular weight excluding hydrogens is 817 g/mol. The van der Waals surface area contributed by atoms with Gasteiger partial charge in [-0.05, 0) is 78.1 Å². The summed E-state index contributed by atoms with van der Waals surface area (Å²) >= 11 is 60.3. The number of rotatable bonds is 15. The summed E-state index contributed by atoms with van der Waals surface area (Å²) in [5, 5.41) is 6.48. The molecule has 47 heavy (non-hydrogen) atoms. The number of nitrogens with zero attached hydrogens (tertiary/aromatic N) is 4. The Morgan fingerprint density at radius 2 is 1.30 bits per heavy atom. The summed E-state index contributed by atoms with van der Waals surface area (Å²) in [5.41, 5.74) is 2.70. The minimum atomic E-state index is -0.430. The summed E-state index contributed by atoms with van der Waals surface area (Å²) in [5.74, 6) is 0. The molecule has 18 heteroatoms. The van der Waals surface area contributed by atoms with Gasteiger partial charge in [-0.2, -0.15) is 0 Å². The van der Waals surface area contributed by atoms with Crippen LogP contribution in [0.2, 0.25) is 0 Å². The Labute approximate surface area is 347 Å². The van der Waals surface area contributed by atoms with E-state index in [9.17, 15) is 0 Å². The third-order valence-corrected chi connectivity index (χ3v) is 10.6. The van der Waals surface area contributed by atoms with E-state index in [4.69, 9.17) is 85.9 Å². The second-order valence-corrected chi connectivity index (χ2v) is 19.2. The molecule has 0 aliphatic carbocycles. The van der Waals surface area contributed by atoms with Crippen molar-refractivity contribution in [3.63, 3.8) is 0 Å². The predicted molar refractivity (Wildman–Crippen MR) is 249 cm³/mol. The molecule has 0 fully saturated rings. The molecular formula is C29H46N6S12. The lowest BCUT2D eigenvalue weighted by atomic mass is 9.84. The van der Waals surface area contributed by atoms with Gasteiger partial charge in [0.2, 0.25) is 0 Å². The van der Waals surface area contributed by atoms with Crippen LogP contribution < -0.4 is 15.5 Å². The van der Waals surface area contributed by atoms with Gasteiger partial charge in [-0.25, -0.2) is 0 Å². The van der Waals surface area contributed by atoms with E-state index >= 15 is 0 Å². The van der Waals surface area contributed by atoms with Crippen LogP contribution in [-0.2, 0) is 19.6 Å². The van der Waals surface area contributed by atoms with Crippen LogP contribution in [0.15, 0.2) is 12.1 Å². The molecule has 0 radical (unpaired) electrons. The second-order valence-electron chi connectivity index (χ2n) is 12.5. The van der Waals surface area contributed by atoms with E-state index in [-0.39, 0.29) is 26.3 Å². The fourth-order valence-electron chi connectivity index (χ4n) is 5.52. The third kappa shape index (κ3) is 14.0. The maximum atomic E-state index is 5.74. The Balaban J connectivity index is 4.01. The molecule has 0 bridgehead atoms. The Morgan fingerprint density at radius 3 is 1.72 bits per heavy atom. The van der Waals surface area contributed by atoms with Crippen molar-refractivity contribution < 1.29 is 0 Å². The highest BCUT2D eigenvalue weighted by atomic mass is 32.2. The zero-order chi connectivity index (χ0) is 36.6.